The molecule has 108 valence electrons. The van der Waals surface area contributed by atoms with Crippen LogP contribution in [0, 0.1) is 0 Å². The molecule has 0 saturated carbocycles. The van der Waals surface area contributed by atoms with E-state index in [9.17, 15) is 0 Å². The molecule has 0 aliphatic heterocycles. The summed E-state index contributed by atoms with van der Waals surface area (Å²) in [5, 5.41) is 0.0984. The topological polar surface area (TPSA) is 72.9 Å². The lowest BCUT2D eigenvalue weighted by molar-refractivity contribution is 0.202. The van der Waals surface area contributed by atoms with Crippen LogP contribution in [-0.2, 0) is 11.2 Å². The molecular weight excluding hydrogens is 292 g/mol. The summed E-state index contributed by atoms with van der Waals surface area (Å²) in [5.41, 5.74) is 2.26. The van der Waals surface area contributed by atoms with Crippen LogP contribution in [0.1, 0.15) is 5.56 Å². The summed E-state index contributed by atoms with van der Waals surface area (Å²) in [7, 11) is 1.69. The van der Waals surface area contributed by atoms with Gasteiger partial charge in [-0.15, -0.1) is 0 Å². The van der Waals surface area contributed by atoms with E-state index in [0.717, 1.165) is 6.42 Å². The molecule has 0 unspecified atom stereocenters. The number of methoxy groups -OCH3 is 1. The number of ether oxygens (including phenoxy) is 2. The molecule has 0 aliphatic rings. The average molecular weight is 305 g/mol. The van der Waals surface area contributed by atoms with E-state index in [1.165, 1.54) is 11.9 Å². The molecule has 0 aliphatic carbocycles. The third-order valence-electron chi connectivity index (χ3n) is 2.96. The molecule has 21 heavy (non-hydrogen) atoms. The second-order valence-electron chi connectivity index (χ2n) is 4.39. The van der Waals surface area contributed by atoms with Gasteiger partial charge in [-0.25, -0.2) is 4.98 Å². The second-order valence-corrected chi connectivity index (χ2v) is 4.73. The van der Waals surface area contributed by atoms with Gasteiger partial charge in [0.2, 0.25) is 11.2 Å². The summed E-state index contributed by atoms with van der Waals surface area (Å²) in [6.45, 7) is 0.691. The van der Waals surface area contributed by atoms with Crippen molar-refractivity contribution in [2.45, 2.75) is 6.42 Å². The number of hydrogen-bond acceptors (Lipinski definition) is 5. The van der Waals surface area contributed by atoms with Gasteiger partial charge >= 0.3 is 0 Å². The van der Waals surface area contributed by atoms with Gasteiger partial charge in [0, 0.05) is 7.11 Å². The minimum atomic E-state index is 0.0984. The lowest BCUT2D eigenvalue weighted by Crippen LogP contribution is -1.95. The molecule has 0 saturated heterocycles. The van der Waals surface area contributed by atoms with Crippen molar-refractivity contribution in [3.05, 3.63) is 41.4 Å². The highest BCUT2D eigenvalue weighted by atomic mass is 35.5. The average Bonchev–Trinajstić information content (AvgIpc) is 2.95. The Morgan fingerprint density at radius 3 is 2.76 bits per heavy atom. The maximum Gasteiger partial charge on any atom is 0.250 e. The third kappa shape index (κ3) is 3.12. The van der Waals surface area contributed by atoms with Crippen molar-refractivity contribution in [3.8, 4) is 11.6 Å². The normalized spacial score (nSPS) is 11.0. The molecule has 0 amide bonds. The molecule has 3 aromatic rings. The number of nitrogens with one attached hydrogen (secondary N) is 1. The summed E-state index contributed by atoms with van der Waals surface area (Å²) in [4.78, 5) is 15.1. The van der Waals surface area contributed by atoms with Crippen molar-refractivity contribution in [2.24, 2.45) is 0 Å². The maximum absolute atomic E-state index is 5.86. The molecule has 7 heteroatoms. The lowest BCUT2D eigenvalue weighted by atomic mass is 10.1. The highest BCUT2D eigenvalue weighted by molar-refractivity contribution is 6.28. The molecular formula is C14H13ClN4O2. The third-order valence-corrected chi connectivity index (χ3v) is 3.13. The van der Waals surface area contributed by atoms with E-state index in [4.69, 9.17) is 21.1 Å². The van der Waals surface area contributed by atoms with Crippen LogP contribution < -0.4 is 4.74 Å². The van der Waals surface area contributed by atoms with Gasteiger partial charge in [0.25, 0.3) is 0 Å². The van der Waals surface area contributed by atoms with Crippen molar-refractivity contribution in [2.75, 3.05) is 13.7 Å². The van der Waals surface area contributed by atoms with E-state index in [0.29, 0.717) is 29.4 Å². The monoisotopic (exact) mass is 304 g/mol. The number of halogens is 1. The van der Waals surface area contributed by atoms with Crippen molar-refractivity contribution >= 4 is 22.8 Å². The molecule has 1 N–H and O–H groups in total. The highest BCUT2D eigenvalue weighted by Gasteiger charge is 2.11. The van der Waals surface area contributed by atoms with Gasteiger partial charge in [-0.2, -0.15) is 9.97 Å². The van der Waals surface area contributed by atoms with Gasteiger partial charge in [-0.1, -0.05) is 12.1 Å². The Morgan fingerprint density at radius 2 is 2.00 bits per heavy atom. The zero-order valence-corrected chi connectivity index (χ0v) is 12.1. The van der Waals surface area contributed by atoms with Crippen LogP contribution >= 0.6 is 11.6 Å². The molecule has 0 radical (unpaired) electrons. The number of benzene rings is 1. The van der Waals surface area contributed by atoms with Crippen LogP contribution in [0.3, 0.4) is 0 Å². The molecule has 1 aromatic carbocycles. The first kappa shape index (κ1) is 13.8. The lowest BCUT2D eigenvalue weighted by Gasteiger charge is -2.06. The van der Waals surface area contributed by atoms with Crippen LogP contribution in [0.15, 0.2) is 30.6 Å². The number of hydrogen-bond donors (Lipinski definition) is 1. The van der Waals surface area contributed by atoms with E-state index in [-0.39, 0.29) is 5.28 Å². The molecule has 0 bridgehead atoms. The van der Waals surface area contributed by atoms with Gasteiger partial charge in [0.05, 0.1) is 12.9 Å². The van der Waals surface area contributed by atoms with E-state index < -0.39 is 0 Å². The number of nitrogens with zero attached hydrogens (tertiary/aromatic N) is 3. The molecule has 0 fully saturated rings. The Kier molecular flexibility index (Phi) is 3.98. The molecule has 0 spiro atoms. The van der Waals surface area contributed by atoms with Gasteiger partial charge in [-0.05, 0) is 35.7 Å². The van der Waals surface area contributed by atoms with E-state index in [1.54, 1.807) is 7.11 Å². The summed E-state index contributed by atoms with van der Waals surface area (Å²) < 4.78 is 10.8. The van der Waals surface area contributed by atoms with E-state index >= 15 is 0 Å². The summed E-state index contributed by atoms with van der Waals surface area (Å²) in [6.07, 6.45) is 2.39. The van der Waals surface area contributed by atoms with Gasteiger partial charge < -0.3 is 14.5 Å². The summed E-state index contributed by atoms with van der Waals surface area (Å²) in [5.74, 6) is 1.02. The smallest absolute Gasteiger partial charge is 0.250 e. The quantitative estimate of drug-likeness (QED) is 0.734. The number of rotatable bonds is 5. The minimum Gasteiger partial charge on any atom is -0.437 e. The summed E-state index contributed by atoms with van der Waals surface area (Å²) in [6, 6.07) is 7.73. The number of H-pyrrole nitrogens is 1. The number of aromatic nitrogens is 4. The Bertz CT molecular complexity index is 742. The van der Waals surface area contributed by atoms with Crippen molar-refractivity contribution in [3.63, 3.8) is 0 Å². The SMILES string of the molecule is COCCc1ccc(Oc2nc(Cl)nc3nc[nH]c23)cc1. The maximum atomic E-state index is 5.86. The Labute approximate surface area is 126 Å². The first-order valence-corrected chi connectivity index (χ1v) is 6.76. The van der Waals surface area contributed by atoms with Crippen molar-refractivity contribution < 1.29 is 9.47 Å². The second kappa shape index (κ2) is 6.07. The number of fused-ring (bicyclic) bond motifs is 1. The largest absolute Gasteiger partial charge is 0.437 e. The predicted molar refractivity (Wildman–Crippen MR) is 78.8 cm³/mol. The van der Waals surface area contributed by atoms with Crippen LogP contribution in [0.5, 0.6) is 11.6 Å². The predicted octanol–water partition coefficient (Wildman–Crippen LogP) is 2.99. The summed E-state index contributed by atoms with van der Waals surface area (Å²) >= 11 is 5.86. The van der Waals surface area contributed by atoms with E-state index in [2.05, 4.69) is 19.9 Å². The first-order chi connectivity index (χ1) is 10.3. The molecule has 3 rings (SSSR count). The molecule has 2 aromatic heterocycles. The highest BCUT2D eigenvalue weighted by Crippen LogP contribution is 2.26. The molecule has 0 atom stereocenters. The number of imidazole rings is 1. The Balaban J connectivity index is 1.83. The number of aromatic amines is 1. The Morgan fingerprint density at radius 1 is 1.19 bits per heavy atom. The standard InChI is InChI=1S/C14H13ClN4O2/c1-20-7-6-9-2-4-10(5-3-9)21-13-11-12(17-8-16-11)18-14(15)19-13/h2-5,8H,6-7H2,1H3,(H,16,17,18,19). The fourth-order valence-corrected chi connectivity index (χ4v) is 2.07. The Hall–Kier alpha value is -2.18. The van der Waals surface area contributed by atoms with Crippen LogP contribution in [0.25, 0.3) is 11.2 Å². The van der Waals surface area contributed by atoms with Gasteiger partial charge in [0.1, 0.15) is 11.3 Å². The van der Waals surface area contributed by atoms with Crippen LogP contribution in [0.4, 0.5) is 0 Å². The van der Waals surface area contributed by atoms with Gasteiger partial charge in [0.15, 0.2) is 5.65 Å². The van der Waals surface area contributed by atoms with Crippen LogP contribution in [0.2, 0.25) is 5.28 Å². The van der Waals surface area contributed by atoms with Gasteiger partial charge in [-0.3, -0.25) is 0 Å². The zero-order chi connectivity index (χ0) is 14.7. The molecule has 6 nitrogen and oxygen atoms in total. The first-order valence-electron chi connectivity index (χ1n) is 6.38. The zero-order valence-electron chi connectivity index (χ0n) is 11.3. The van der Waals surface area contributed by atoms with Crippen molar-refractivity contribution in [1.82, 2.24) is 19.9 Å². The fraction of sp³-hybridized carbons (Fsp3) is 0.214. The molecule has 2 heterocycles. The minimum absolute atomic E-state index is 0.0984. The van der Waals surface area contributed by atoms with Crippen LogP contribution in [-0.4, -0.2) is 33.7 Å². The van der Waals surface area contributed by atoms with E-state index in [1.807, 2.05) is 24.3 Å². The van der Waals surface area contributed by atoms with Crippen molar-refractivity contribution in [1.29, 1.82) is 0 Å². The fourth-order valence-electron chi connectivity index (χ4n) is 1.91.